The van der Waals surface area contributed by atoms with Crippen molar-refractivity contribution >= 4 is 38.7 Å². The molecule has 4 heteroatoms. The summed E-state index contributed by atoms with van der Waals surface area (Å²) in [5.74, 6) is 0.223. The van der Waals surface area contributed by atoms with Crippen molar-refractivity contribution in [1.29, 1.82) is 0 Å². The van der Waals surface area contributed by atoms with Crippen LogP contribution >= 0.6 is 11.3 Å². The lowest BCUT2D eigenvalue weighted by Gasteiger charge is -2.26. The average molecular weight is 322 g/mol. The van der Waals surface area contributed by atoms with Gasteiger partial charge in [0.15, 0.2) is 10.9 Å². The van der Waals surface area contributed by atoms with Crippen molar-refractivity contribution in [3.8, 4) is 0 Å². The smallest absolute Gasteiger partial charge is 0.188 e. The highest BCUT2D eigenvalue weighted by atomic mass is 32.1. The second kappa shape index (κ2) is 5.17. The molecule has 0 spiro atoms. The first-order valence-electron chi connectivity index (χ1n) is 7.79. The normalized spacial score (nSPS) is 16.3. The maximum absolute atomic E-state index is 12.3. The monoisotopic (exact) mass is 322 g/mol. The quantitative estimate of drug-likeness (QED) is 0.705. The summed E-state index contributed by atoms with van der Waals surface area (Å²) in [7, 11) is 0. The third-order valence-corrected chi connectivity index (χ3v) is 5.29. The van der Waals surface area contributed by atoms with Crippen molar-refractivity contribution in [3.63, 3.8) is 0 Å². The van der Waals surface area contributed by atoms with E-state index in [1.807, 2.05) is 12.1 Å². The van der Waals surface area contributed by atoms with Crippen LogP contribution in [0.4, 0.5) is 10.8 Å². The van der Waals surface area contributed by atoms with E-state index < -0.39 is 0 Å². The van der Waals surface area contributed by atoms with Crippen LogP contribution in [0.5, 0.6) is 0 Å². The van der Waals surface area contributed by atoms with Gasteiger partial charge >= 0.3 is 0 Å². The summed E-state index contributed by atoms with van der Waals surface area (Å²) in [5.41, 5.74) is 1.96. The fourth-order valence-electron chi connectivity index (χ4n) is 3.16. The van der Waals surface area contributed by atoms with Crippen molar-refractivity contribution in [3.05, 3.63) is 53.0 Å². The number of thiazole rings is 1. The van der Waals surface area contributed by atoms with Crippen molar-refractivity contribution in [2.75, 3.05) is 5.32 Å². The standard InChI is InChI=1S/C19H18N2OS/c1-19(2)10-15-17(16(22)11-19)23-18(21-15)20-14-8-7-12-5-3-4-6-13(12)9-14/h3-9H,10-11H2,1-2H3,(H,20,21). The van der Waals surface area contributed by atoms with Gasteiger partial charge in [0.1, 0.15) is 0 Å². The van der Waals surface area contributed by atoms with Crippen LogP contribution in [0.25, 0.3) is 10.8 Å². The molecule has 1 heterocycles. The minimum absolute atomic E-state index is 0.0123. The molecular weight excluding hydrogens is 304 g/mol. The Morgan fingerprint density at radius 2 is 1.87 bits per heavy atom. The number of Topliss-reactive ketones (excluding diaryl/α,β-unsaturated/α-hetero) is 1. The van der Waals surface area contributed by atoms with E-state index in [2.05, 4.69) is 54.5 Å². The number of benzene rings is 2. The minimum atomic E-state index is 0.0123. The molecule has 1 N–H and O–H groups in total. The van der Waals surface area contributed by atoms with Crippen molar-refractivity contribution in [2.45, 2.75) is 26.7 Å². The summed E-state index contributed by atoms with van der Waals surface area (Å²) >= 11 is 1.47. The highest BCUT2D eigenvalue weighted by molar-refractivity contribution is 7.17. The second-order valence-corrected chi connectivity index (χ2v) is 7.92. The van der Waals surface area contributed by atoms with E-state index in [4.69, 9.17) is 0 Å². The summed E-state index contributed by atoms with van der Waals surface area (Å²) in [6.07, 6.45) is 1.47. The fraction of sp³-hybridized carbons (Fsp3) is 0.263. The molecule has 0 amide bonds. The van der Waals surface area contributed by atoms with Crippen LogP contribution in [0.1, 0.15) is 35.6 Å². The van der Waals surface area contributed by atoms with Crippen LogP contribution in [0, 0.1) is 5.41 Å². The van der Waals surface area contributed by atoms with Crippen LogP contribution in [0.2, 0.25) is 0 Å². The Morgan fingerprint density at radius 1 is 1.09 bits per heavy atom. The second-order valence-electron chi connectivity index (χ2n) is 6.92. The molecule has 1 aliphatic rings. The zero-order valence-electron chi connectivity index (χ0n) is 13.2. The van der Waals surface area contributed by atoms with Gasteiger partial charge in [0.2, 0.25) is 0 Å². The van der Waals surface area contributed by atoms with Gasteiger partial charge in [-0.3, -0.25) is 4.79 Å². The molecule has 0 radical (unpaired) electrons. The SMILES string of the molecule is CC1(C)CC(=O)c2sc(Nc3ccc4ccccc4c3)nc2C1. The lowest BCUT2D eigenvalue weighted by molar-refractivity contribution is 0.0916. The number of anilines is 2. The fourth-order valence-corrected chi connectivity index (χ4v) is 4.10. The zero-order valence-corrected chi connectivity index (χ0v) is 14.0. The van der Waals surface area contributed by atoms with Gasteiger partial charge in [0.25, 0.3) is 0 Å². The van der Waals surface area contributed by atoms with E-state index in [9.17, 15) is 4.79 Å². The number of carbonyl (C=O) groups excluding carboxylic acids is 1. The molecule has 1 aromatic heterocycles. The summed E-state index contributed by atoms with van der Waals surface area (Å²) < 4.78 is 0. The van der Waals surface area contributed by atoms with E-state index in [1.54, 1.807) is 0 Å². The number of hydrogen-bond acceptors (Lipinski definition) is 4. The number of ketones is 1. The first-order valence-corrected chi connectivity index (χ1v) is 8.61. The number of aromatic nitrogens is 1. The molecule has 0 fully saturated rings. The Kier molecular flexibility index (Phi) is 3.23. The Bertz CT molecular complexity index is 911. The Labute approximate surface area is 139 Å². The molecule has 0 bridgehead atoms. The highest BCUT2D eigenvalue weighted by Gasteiger charge is 2.33. The van der Waals surface area contributed by atoms with Gasteiger partial charge in [0, 0.05) is 12.1 Å². The third kappa shape index (κ3) is 2.75. The average Bonchev–Trinajstić information content (AvgIpc) is 2.88. The maximum atomic E-state index is 12.3. The molecule has 0 unspecified atom stereocenters. The van der Waals surface area contributed by atoms with Gasteiger partial charge in [0.05, 0.1) is 10.6 Å². The molecule has 23 heavy (non-hydrogen) atoms. The summed E-state index contributed by atoms with van der Waals surface area (Å²) in [6, 6.07) is 14.5. The molecule has 4 rings (SSSR count). The van der Waals surface area contributed by atoms with E-state index in [0.29, 0.717) is 6.42 Å². The van der Waals surface area contributed by atoms with Gasteiger partial charge in [-0.2, -0.15) is 0 Å². The minimum Gasteiger partial charge on any atom is -0.332 e. The number of hydrogen-bond donors (Lipinski definition) is 1. The van der Waals surface area contributed by atoms with Crippen molar-refractivity contribution in [1.82, 2.24) is 4.98 Å². The summed E-state index contributed by atoms with van der Waals surface area (Å²) in [6.45, 7) is 4.26. The number of rotatable bonds is 2. The van der Waals surface area contributed by atoms with Crippen LogP contribution in [-0.2, 0) is 6.42 Å². The lowest BCUT2D eigenvalue weighted by Crippen LogP contribution is -2.25. The molecule has 2 aromatic carbocycles. The van der Waals surface area contributed by atoms with Gasteiger partial charge in [-0.15, -0.1) is 0 Å². The molecule has 0 saturated heterocycles. The maximum Gasteiger partial charge on any atom is 0.188 e. The number of fused-ring (bicyclic) bond motifs is 2. The third-order valence-electron chi connectivity index (χ3n) is 4.24. The Morgan fingerprint density at radius 3 is 2.70 bits per heavy atom. The van der Waals surface area contributed by atoms with E-state index in [0.717, 1.165) is 27.8 Å². The first kappa shape index (κ1) is 14.4. The van der Waals surface area contributed by atoms with Crippen LogP contribution < -0.4 is 5.32 Å². The van der Waals surface area contributed by atoms with Crippen LogP contribution in [0.15, 0.2) is 42.5 Å². The summed E-state index contributed by atoms with van der Waals surface area (Å²) in [4.78, 5) is 17.8. The lowest BCUT2D eigenvalue weighted by atomic mass is 9.78. The zero-order chi connectivity index (χ0) is 16.0. The van der Waals surface area contributed by atoms with Crippen molar-refractivity contribution < 1.29 is 4.79 Å². The molecule has 0 atom stereocenters. The van der Waals surface area contributed by atoms with Gasteiger partial charge in [-0.1, -0.05) is 55.5 Å². The molecule has 0 aliphatic heterocycles. The molecule has 3 aromatic rings. The molecule has 0 saturated carbocycles. The van der Waals surface area contributed by atoms with Crippen molar-refractivity contribution in [2.24, 2.45) is 5.41 Å². The Hall–Kier alpha value is -2.20. The largest absolute Gasteiger partial charge is 0.332 e. The van der Waals surface area contributed by atoms with Gasteiger partial charge in [-0.05, 0) is 34.7 Å². The topological polar surface area (TPSA) is 42.0 Å². The Balaban J connectivity index is 1.65. The predicted octanol–water partition coefficient (Wildman–Crippen LogP) is 5.20. The predicted molar refractivity (Wildman–Crippen MR) is 95.8 cm³/mol. The van der Waals surface area contributed by atoms with Crippen LogP contribution in [-0.4, -0.2) is 10.8 Å². The van der Waals surface area contributed by atoms with Gasteiger partial charge < -0.3 is 5.32 Å². The highest BCUT2D eigenvalue weighted by Crippen LogP contribution is 2.39. The number of nitrogens with zero attached hydrogens (tertiary/aromatic N) is 1. The van der Waals surface area contributed by atoms with E-state index in [-0.39, 0.29) is 11.2 Å². The van der Waals surface area contributed by atoms with Crippen LogP contribution in [0.3, 0.4) is 0 Å². The molecule has 1 aliphatic carbocycles. The first-order chi connectivity index (χ1) is 11.0. The summed E-state index contributed by atoms with van der Waals surface area (Å²) in [5, 5.41) is 6.57. The number of nitrogens with one attached hydrogen (secondary N) is 1. The number of carbonyl (C=O) groups is 1. The van der Waals surface area contributed by atoms with E-state index in [1.165, 1.54) is 22.1 Å². The molecular formula is C19H18N2OS. The van der Waals surface area contributed by atoms with Gasteiger partial charge in [-0.25, -0.2) is 4.98 Å². The van der Waals surface area contributed by atoms with E-state index >= 15 is 0 Å². The molecule has 116 valence electrons. The molecule has 3 nitrogen and oxygen atoms in total.